The number of halogens is 2. The molecule has 6 N–H and O–H groups in total. The van der Waals surface area contributed by atoms with Gasteiger partial charge in [0.25, 0.3) is 0 Å². The Morgan fingerprint density at radius 2 is 2.02 bits per heavy atom. The van der Waals surface area contributed by atoms with Gasteiger partial charge in [-0.25, -0.2) is 22.4 Å². The van der Waals surface area contributed by atoms with Crippen molar-refractivity contribution in [3.05, 3.63) is 81.5 Å². The molecule has 1 unspecified atom stereocenters. The van der Waals surface area contributed by atoms with E-state index in [9.17, 15) is 27.5 Å². The highest BCUT2D eigenvalue weighted by molar-refractivity contribution is 7.89. The summed E-state index contributed by atoms with van der Waals surface area (Å²) in [6.45, 7) is 2.21. The lowest BCUT2D eigenvalue weighted by molar-refractivity contribution is 0.0692. The molecule has 2 heterocycles. The maximum absolute atomic E-state index is 14.8. The topological polar surface area (TPSA) is 184 Å². The van der Waals surface area contributed by atoms with Crippen LogP contribution in [0, 0.1) is 11.2 Å². The number of aromatic nitrogens is 2. The predicted molar refractivity (Wildman–Crippen MR) is 151 cm³/mol. The number of H-pyrrole nitrogens is 1. The second kappa shape index (κ2) is 12.0. The molecule has 4 aromatic rings. The van der Waals surface area contributed by atoms with E-state index in [2.05, 4.69) is 10.3 Å². The number of carbonyl (C=O) groups is 1. The number of fused-ring (bicyclic) bond motifs is 1. The monoisotopic (exact) mass is 593 g/mol. The molecule has 0 saturated carbocycles. The summed E-state index contributed by atoms with van der Waals surface area (Å²) in [5.74, 6) is -2.77. The molecule has 0 fully saturated rings. The number of nitrogens with two attached hydrogens (primary N) is 1. The summed E-state index contributed by atoms with van der Waals surface area (Å²) in [5.41, 5.74) is 6.67. The zero-order chi connectivity index (χ0) is 28.5. The molecular weight excluding hydrogens is 565 g/mol. The van der Waals surface area contributed by atoms with E-state index in [-0.39, 0.29) is 40.8 Å². The first kappa shape index (κ1) is 30.4. The summed E-state index contributed by atoms with van der Waals surface area (Å²) in [7, 11) is -3.47. The van der Waals surface area contributed by atoms with Crippen molar-refractivity contribution in [2.45, 2.75) is 31.6 Å². The lowest BCUT2D eigenvalue weighted by Crippen LogP contribution is -2.31. The van der Waals surface area contributed by atoms with Gasteiger partial charge in [0, 0.05) is 41.9 Å². The van der Waals surface area contributed by atoms with Crippen LogP contribution in [-0.2, 0) is 22.0 Å². The Kier molecular flexibility index (Phi) is 9.10. The molecule has 4 rings (SSSR count). The van der Waals surface area contributed by atoms with E-state index in [0.717, 1.165) is 12.3 Å². The summed E-state index contributed by atoms with van der Waals surface area (Å²) in [6, 6.07) is 8.56. The number of hydrogen-bond acceptors (Lipinski definition) is 6. The first-order valence-corrected chi connectivity index (χ1v) is 14.0. The zero-order valence-corrected chi connectivity index (χ0v) is 23.3. The van der Waals surface area contributed by atoms with Gasteiger partial charge in [0.05, 0.1) is 17.3 Å². The SMILES string of the molecule is CC(c1cccc2c(-c3ccc(CS(C)(=O)=O)c(F)c3)c(C(=O)O)[nH]c12)n1cc(CCCNC(=N)N)oc1=O.Cl. The Morgan fingerprint density at radius 1 is 1.30 bits per heavy atom. The predicted octanol–water partition coefficient (Wildman–Crippen LogP) is 3.42. The lowest BCUT2D eigenvalue weighted by atomic mass is 9.98. The Labute approximate surface area is 235 Å². The standard InChI is InChI=1S/C26H28FN5O6S.ClH/c1-14(32-12-17(38-26(32)35)5-4-10-30-25(28)29)18-6-3-7-19-21(23(24(33)34)31-22(18)19)15-8-9-16(20(27)11-15)13-39(2,36)37;/h3,6-9,11-12,14,31H,4-5,10,13H2,1-2H3,(H,33,34)(H4,28,29,30);1H. The number of nitrogens with one attached hydrogen (secondary N) is 3. The van der Waals surface area contributed by atoms with Crippen LogP contribution in [0.1, 0.15) is 46.8 Å². The van der Waals surface area contributed by atoms with E-state index in [1.165, 1.54) is 16.7 Å². The van der Waals surface area contributed by atoms with Crippen molar-refractivity contribution in [3.8, 4) is 11.1 Å². The molecule has 0 bridgehead atoms. The number of guanidine groups is 1. The maximum Gasteiger partial charge on any atom is 0.419 e. The molecule has 0 spiro atoms. The van der Waals surface area contributed by atoms with Crippen LogP contribution >= 0.6 is 12.4 Å². The molecular formula is C26H29ClFN5O6S. The van der Waals surface area contributed by atoms with Crippen LogP contribution in [-0.4, -0.2) is 47.8 Å². The number of aromatic amines is 1. The van der Waals surface area contributed by atoms with E-state index in [1.807, 2.05) is 0 Å². The molecule has 11 nitrogen and oxygen atoms in total. The summed E-state index contributed by atoms with van der Waals surface area (Å²) >= 11 is 0. The van der Waals surface area contributed by atoms with E-state index >= 15 is 0 Å². The normalized spacial score (nSPS) is 12.2. The number of rotatable bonds is 10. The van der Waals surface area contributed by atoms with Gasteiger partial charge in [-0.15, -0.1) is 12.4 Å². The van der Waals surface area contributed by atoms with E-state index < -0.39 is 39.2 Å². The largest absolute Gasteiger partial charge is 0.477 e. The number of carboxylic acid groups (broad SMARTS) is 1. The molecule has 0 radical (unpaired) electrons. The fourth-order valence-corrected chi connectivity index (χ4v) is 5.37. The number of oxazole rings is 1. The molecule has 0 amide bonds. The first-order chi connectivity index (χ1) is 18.4. The minimum absolute atomic E-state index is 0. The van der Waals surface area contributed by atoms with Crippen LogP contribution in [0.4, 0.5) is 4.39 Å². The summed E-state index contributed by atoms with van der Waals surface area (Å²) < 4.78 is 44.9. The average Bonchev–Trinajstić information content (AvgIpc) is 3.42. The maximum atomic E-state index is 14.8. The van der Waals surface area contributed by atoms with Crippen molar-refractivity contribution in [1.29, 1.82) is 5.41 Å². The van der Waals surface area contributed by atoms with Gasteiger partial charge in [0.1, 0.15) is 17.3 Å². The van der Waals surface area contributed by atoms with Crippen LogP contribution < -0.4 is 16.8 Å². The Morgan fingerprint density at radius 3 is 2.65 bits per heavy atom. The van der Waals surface area contributed by atoms with Gasteiger partial charge in [-0.05, 0) is 30.5 Å². The Hall–Kier alpha value is -4.10. The minimum Gasteiger partial charge on any atom is -0.477 e. The fourth-order valence-electron chi connectivity index (χ4n) is 4.57. The van der Waals surface area contributed by atoms with E-state index in [4.69, 9.17) is 15.6 Å². The van der Waals surface area contributed by atoms with Crippen LogP contribution in [0.5, 0.6) is 0 Å². The highest BCUT2D eigenvalue weighted by atomic mass is 35.5. The van der Waals surface area contributed by atoms with E-state index in [0.29, 0.717) is 41.6 Å². The van der Waals surface area contributed by atoms with E-state index in [1.54, 1.807) is 31.3 Å². The molecule has 40 heavy (non-hydrogen) atoms. The molecule has 0 saturated heterocycles. The van der Waals surface area contributed by atoms with Crippen molar-refractivity contribution >= 4 is 45.1 Å². The highest BCUT2D eigenvalue weighted by Crippen LogP contribution is 2.37. The summed E-state index contributed by atoms with van der Waals surface area (Å²) in [5, 5.41) is 20.3. The molecule has 1 atom stereocenters. The lowest BCUT2D eigenvalue weighted by Gasteiger charge is -2.13. The zero-order valence-electron chi connectivity index (χ0n) is 21.7. The summed E-state index contributed by atoms with van der Waals surface area (Å²) in [6.07, 6.45) is 3.62. The third kappa shape index (κ3) is 6.54. The van der Waals surface area contributed by atoms with Gasteiger partial charge >= 0.3 is 11.7 Å². The van der Waals surface area contributed by atoms with Gasteiger partial charge < -0.3 is 25.6 Å². The number of aryl methyl sites for hydroxylation is 1. The van der Waals surface area contributed by atoms with Gasteiger partial charge in [0.15, 0.2) is 15.8 Å². The van der Waals surface area contributed by atoms with Crippen molar-refractivity contribution in [2.75, 3.05) is 12.8 Å². The Bertz CT molecular complexity index is 1740. The number of aromatic carboxylic acids is 1. The van der Waals surface area contributed by atoms with Gasteiger partial charge in [0.2, 0.25) is 0 Å². The number of para-hydroxylation sites is 1. The molecule has 0 aliphatic heterocycles. The van der Waals surface area contributed by atoms with Crippen LogP contribution in [0.15, 0.2) is 51.8 Å². The fraction of sp³-hybridized carbons (Fsp3) is 0.269. The minimum atomic E-state index is -3.47. The third-order valence-corrected chi connectivity index (χ3v) is 7.17. The van der Waals surface area contributed by atoms with Crippen molar-refractivity contribution < 1.29 is 27.1 Å². The molecule has 0 aliphatic rings. The third-order valence-electron chi connectivity index (χ3n) is 6.33. The molecule has 214 valence electrons. The van der Waals surface area contributed by atoms with Crippen molar-refractivity contribution in [3.63, 3.8) is 0 Å². The number of benzene rings is 2. The van der Waals surface area contributed by atoms with Crippen molar-refractivity contribution in [1.82, 2.24) is 14.9 Å². The van der Waals surface area contributed by atoms with Gasteiger partial charge in [-0.3, -0.25) is 9.98 Å². The molecule has 0 aliphatic carbocycles. The molecule has 2 aromatic carbocycles. The van der Waals surface area contributed by atoms with Crippen LogP contribution in [0.3, 0.4) is 0 Å². The van der Waals surface area contributed by atoms with Gasteiger partial charge in [-0.1, -0.05) is 30.3 Å². The molecule has 2 aromatic heterocycles. The summed E-state index contributed by atoms with van der Waals surface area (Å²) in [4.78, 5) is 27.7. The number of hydrogen-bond donors (Lipinski definition) is 5. The van der Waals surface area contributed by atoms with Gasteiger partial charge in [-0.2, -0.15) is 0 Å². The molecule has 14 heteroatoms. The second-order valence-corrected chi connectivity index (χ2v) is 11.5. The first-order valence-electron chi connectivity index (χ1n) is 12.0. The Balaban J connectivity index is 0.00000441. The average molecular weight is 594 g/mol. The van der Waals surface area contributed by atoms with Crippen LogP contribution in [0.2, 0.25) is 0 Å². The number of sulfone groups is 1. The highest BCUT2D eigenvalue weighted by Gasteiger charge is 2.24. The van der Waals surface area contributed by atoms with Crippen LogP contribution in [0.25, 0.3) is 22.0 Å². The number of carboxylic acids is 1. The smallest absolute Gasteiger partial charge is 0.419 e. The quantitative estimate of drug-likeness (QED) is 0.105. The second-order valence-electron chi connectivity index (χ2n) is 9.32. The van der Waals surface area contributed by atoms with Crippen molar-refractivity contribution in [2.24, 2.45) is 5.73 Å². The number of nitrogens with zero attached hydrogens (tertiary/aromatic N) is 1.